The van der Waals surface area contributed by atoms with Crippen LogP contribution in [0.15, 0.2) is 24.3 Å². The van der Waals surface area contributed by atoms with Crippen molar-refractivity contribution in [3.63, 3.8) is 0 Å². The van der Waals surface area contributed by atoms with Crippen LogP contribution in [0.25, 0.3) is 11.0 Å². The van der Waals surface area contributed by atoms with Crippen molar-refractivity contribution in [2.75, 3.05) is 0 Å². The molecule has 4 nitrogen and oxygen atoms in total. The van der Waals surface area contributed by atoms with E-state index in [0.29, 0.717) is 12.3 Å². The summed E-state index contributed by atoms with van der Waals surface area (Å²) in [6, 6.07) is 7.53. The van der Waals surface area contributed by atoms with Crippen molar-refractivity contribution in [3.8, 4) is 0 Å². The number of carbonyl (C=O) groups is 1. The molecule has 4 heteroatoms. The molecule has 0 spiro atoms. The molecule has 0 N–H and O–H groups in total. The second-order valence-electron chi connectivity index (χ2n) is 4.03. The van der Waals surface area contributed by atoms with Gasteiger partial charge in [-0.15, -0.1) is 5.10 Å². The van der Waals surface area contributed by atoms with Crippen LogP contribution in [-0.2, 0) is 0 Å². The van der Waals surface area contributed by atoms with E-state index in [0.717, 1.165) is 11.0 Å². The van der Waals surface area contributed by atoms with Gasteiger partial charge in [0.25, 0.3) is 0 Å². The number of aromatic nitrogens is 3. The molecule has 0 saturated heterocycles. The summed E-state index contributed by atoms with van der Waals surface area (Å²) in [6.07, 6.45) is 2.96. The quantitative estimate of drug-likeness (QED) is 0.745. The van der Waals surface area contributed by atoms with Gasteiger partial charge in [0, 0.05) is 6.42 Å². The van der Waals surface area contributed by atoms with Crippen LogP contribution in [0.5, 0.6) is 0 Å². The van der Waals surface area contributed by atoms with E-state index in [1.54, 1.807) is 0 Å². The lowest BCUT2D eigenvalue weighted by Crippen LogP contribution is -2.12. The van der Waals surface area contributed by atoms with Crippen molar-refractivity contribution in [2.45, 2.75) is 19.3 Å². The molecular formula is C11H11N3O. The van der Waals surface area contributed by atoms with E-state index in [9.17, 15) is 4.79 Å². The van der Waals surface area contributed by atoms with Crippen molar-refractivity contribution >= 4 is 16.9 Å². The fourth-order valence-electron chi connectivity index (χ4n) is 1.71. The zero-order chi connectivity index (χ0) is 10.3. The highest BCUT2D eigenvalue weighted by Gasteiger charge is 2.26. The molecule has 0 bridgehead atoms. The van der Waals surface area contributed by atoms with Gasteiger partial charge in [0.2, 0.25) is 5.91 Å². The van der Waals surface area contributed by atoms with Gasteiger partial charge in [0.1, 0.15) is 5.52 Å². The zero-order valence-electron chi connectivity index (χ0n) is 8.26. The molecule has 1 heterocycles. The summed E-state index contributed by atoms with van der Waals surface area (Å²) in [4.78, 5) is 11.8. The van der Waals surface area contributed by atoms with Gasteiger partial charge >= 0.3 is 0 Å². The van der Waals surface area contributed by atoms with E-state index < -0.39 is 0 Å². The first kappa shape index (κ1) is 8.59. The number of rotatable bonds is 2. The average Bonchev–Trinajstić information content (AvgIpc) is 2.96. The van der Waals surface area contributed by atoms with Crippen LogP contribution in [0.1, 0.15) is 24.1 Å². The van der Waals surface area contributed by atoms with Gasteiger partial charge < -0.3 is 0 Å². The van der Waals surface area contributed by atoms with Gasteiger partial charge in [-0.05, 0) is 30.9 Å². The average molecular weight is 201 g/mol. The Morgan fingerprint density at radius 2 is 2.20 bits per heavy atom. The normalized spacial score (nSPS) is 15.7. The summed E-state index contributed by atoms with van der Waals surface area (Å²) < 4.78 is 1.42. The molecule has 0 aliphatic heterocycles. The van der Waals surface area contributed by atoms with Gasteiger partial charge in [-0.25, -0.2) is 0 Å². The van der Waals surface area contributed by atoms with Gasteiger partial charge in [-0.2, -0.15) is 4.68 Å². The number of fused-ring (bicyclic) bond motifs is 1. The van der Waals surface area contributed by atoms with Crippen LogP contribution in [0.4, 0.5) is 0 Å². The fraction of sp³-hybridized carbons (Fsp3) is 0.364. The number of benzene rings is 1. The zero-order valence-corrected chi connectivity index (χ0v) is 8.26. The van der Waals surface area contributed by atoms with Crippen molar-refractivity contribution in [2.24, 2.45) is 5.92 Å². The Kier molecular flexibility index (Phi) is 1.80. The van der Waals surface area contributed by atoms with Gasteiger partial charge in [0.05, 0.1) is 5.52 Å². The van der Waals surface area contributed by atoms with E-state index >= 15 is 0 Å². The molecule has 0 amide bonds. The third-order valence-electron chi connectivity index (χ3n) is 2.75. The van der Waals surface area contributed by atoms with Crippen molar-refractivity contribution in [3.05, 3.63) is 24.3 Å². The Morgan fingerprint density at radius 1 is 1.40 bits per heavy atom. The smallest absolute Gasteiger partial charge is 0.249 e. The maximum atomic E-state index is 11.8. The summed E-state index contributed by atoms with van der Waals surface area (Å²) in [5.41, 5.74) is 1.59. The van der Waals surface area contributed by atoms with E-state index in [2.05, 4.69) is 10.3 Å². The maximum absolute atomic E-state index is 11.8. The highest BCUT2D eigenvalue weighted by Crippen LogP contribution is 2.32. The van der Waals surface area contributed by atoms with Crippen LogP contribution in [0.2, 0.25) is 0 Å². The number of hydrogen-bond donors (Lipinski definition) is 0. The number of carbonyl (C=O) groups excluding carboxylic acids is 1. The molecule has 1 aromatic heterocycles. The first-order valence-corrected chi connectivity index (χ1v) is 5.18. The lowest BCUT2D eigenvalue weighted by Gasteiger charge is -1.98. The number of nitrogens with zero attached hydrogens (tertiary/aromatic N) is 3. The molecule has 1 fully saturated rings. The molecule has 2 aromatic rings. The Morgan fingerprint density at radius 3 is 3.00 bits per heavy atom. The van der Waals surface area contributed by atoms with E-state index in [4.69, 9.17) is 0 Å². The standard InChI is InChI=1S/C11H11N3O/c15-11(7-8-5-6-8)14-10-4-2-1-3-9(10)12-13-14/h1-4,8H,5-7H2. The molecule has 0 unspecified atom stereocenters. The first-order valence-electron chi connectivity index (χ1n) is 5.18. The van der Waals surface area contributed by atoms with Crippen molar-refractivity contribution in [1.82, 2.24) is 15.0 Å². The molecule has 1 saturated carbocycles. The first-order chi connectivity index (χ1) is 7.34. The summed E-state index contributed by atoms with van der Waals surface area (Å²) in [5, 5.41) is 7.85. The molecule has 76 valence electrons. The summed E-state index contributed by atoms with van der Waals surface area (Å²) in [6.45, 7) is 0. The lowest BCUT2D eigenvalue weighted by atomic mass is 10.2. The van der Waals surface area contributed by atoms with Gasteiger partial charge in [0.15, 0.2) is 0 Å². The largest absolute Gasteiger partial charge is 0.272 e. The van der Waals surface area contributed by atoms with Gasteiger partial charge in [-0.1, -0.05) is 17.3 Å². The molecule has 1 aliphatic carbocycles. The summed E-state index contributed by atoms with van der Waals surface area (Å²) >= 11 is 0. The number of hydrogen-bond acceptors (Lipinski definition) is 3. The Hall–Kier alpha value is -1.71. The Labute approximate surface area is 86.9 Å². The third-order valence-corrected chi connectivity index (χ3v) is 2.75. The lowest BCUT2D eigenvalue weighted by molar-refractivity contribution is 0.0883. The predicted octanol–water partition coefficient (Wildman–Crippen LogP) is 1.87. The van der Waals surface area contributed by atoms with Crippen LogP contribution in [0, 0.1) is 5.92 Å². The molecule has 3 rings (SSSR count). The maximum Gasteiger partial charge on any atom is 0.249 e. The minimum Gasteiger partial charge on any atom is -0.272 e. The Bertz CT molecular complexity index is 513. The topological polar surface area (TPSA) is 47.8 Å². The van der Waals surface area contributed by atoms with Crippen molar-refractivity contribution < 1.29 is 4.79 Å². The van der Waals surface area contributed by atoms with E-state index in [1.807, 2.05) is 24.3 Å². The molecule has 0 radical (unpaired) electrons. The molecule has 1 aliphatic rings. The van der Waals surface area contributed by atoms with Crippen molar-refractivity contribution in [1.29, 1.82) is 0 Å². The highest BCUT2D eigenvalue weighted by molar-refractivity contribution is 5.88. The third kappa shape index (κ3) is 1.52. The van der Waals surface area contributed by atoms with Crippen LogP contribution >= 0.6 is 0 Å². The van der Waals surface area contributed by atoms with Crippen LogP contribution in [-0.4, -0.2) is 20.9 Å². The monoisotopic (exact) mass is 201 g/mol. The molecular weight excluding hydrogens is 190 g/mol. The van der Waals surface area contributed by atoms with Crippen LogP contribution < -0.4 is 0 Å². The SMILES string of the molecule is O=C(CC1CC1)n1nnc2ccccc21. The van der Waals surface area contributed by atoms with E-state index in [1.165, 1.54) is 17.5 Å². The highest BCUT2D eigenvalue weighted by atomic mass is 16.2. The summed E-state index contributed by atoms with van der Waals surface area (Å²) in [7, 11) is 0. The minimum absolute atomic E-state index is 0.0613. The minimum atomic E-state index is 0.0613. The summed E-state index contributed by atoms with van der Waals surface area (Å²) in [5.74, 6) is 0.645. The Balaban J connectivity index is 1.98. The molecule has 15 heavy (non-hydrogen) atoms. The fourth-order valence-corrected chi connectivity index (χ4v) is 1.71. The van der Waals surface area contributed by atoms with E-state index in [-0.39, 0.29) is 5.91 Å². The van der Waals surface area contributed by atoms with Gasteiger partial charge in [-0.3, -0.25) is 4.79 Å². The van der Waals surface area contributed by atoms with Crippen LogP contribution in [0.3, 0.4) is 0 Å². The second kappa shape index (κ2) is 3.15. The molecule has 0 atom stereocenters. The second-order valence-corrected chi connectivity index (χ2v) is 4.03. The molecule has 1 aromatic carbocycles. The number of para-hydroxylation sites is 1. The predicted molar refractivity (Wildman–Crippen MR) is 55.5 cm³/mol.